The summed E-state index contributed by atoms with van der Waals surface area (Å²) in [5.74, 6) is 0.352. The molecular formula is C11H18N4O8S. The zero-order valence-corrected chi connectivity index (χ0v) is 13.8. The Labute approximate surface area is 137 Å². The minimum Gasteiger partial charge on any atom is -0.493 e. The minimum absolute atomic E-state index is 0.249. The van der Waals surface area contributed by atoms with Gasteiger partial charge in [0, 0.05) is 5.56 Å². The maximum atomic E-state index is 11.8. The molecule has 0 atom stereocenters. The Balaban J connectivity index is 0.000000922. The zero-order valence-electron chi connectivity index (χ0n) is 13.0. The first-order valence-corrected chi connectivity index (χ1v) is 7.32. The van der Waals surface area contributed by atoms with Crippen LogP contribution in [0.1, 0.15) is 10.4 Å². The summed E-state index contributed by atoms with van der Waals surface area (Å²) in [6.07, 6.45) is 0. The molecule has 1 amide bonds. The lowest BCUT2D eigenvalue weighted by Gasteiger charge is -2.13. The summed E-state index contributed by atoms with van der Waals surface area (Å²) in [6.45, 7) is 0. The fourth-order valence-electron chi connectivity index (χ4n) is 1.39. The molecule has 1 rings (SSSR count). The highest BCUT2D eigenvalue weighted by molar-refractivity contribution is 7.79. The lowest BCUT2D eigenvalue weighted by Crippen LogP contribution is -2.29. The first-order valence-electron chi connectivity index (χ1n) is 5.92. The molecule has 136 valence electrons. The highest BCUT2D eigenvalue weighted by Gasteiger charge is 2.16. The van der Waals surface area contributed by atoms with E-state index in [1.165, 1.54) is 33.5 Å². The molecule has 0 fully saturated rings. The molecule has 7 N–H and O–H groups in total. The van der Waals surface area contributed by atoms with Crippen LogP contribution in [0, 0.1) is 0 Å². The van der Waals surface area contributed by atoms with Crippen molar-refractivity contribution in [2.24, 2.45) is 16.6 Å². The highest BCUT2D eigenvalue weighted by Crippen LogP contribution is 2.38. The second-order valence-electron chi connectivity index (χ2n) is 3.84. The molecule has 0 aromatic heterocycles. The number of nitrogens with one attached hydrogen (secondary N) is 1. The molecule has 0 aliphatic carbocycles. The minimum atomic E-state index is -4.67. The molecule has 0 radical (unpaired) electrons. The Morgan fingerprint density at radius 3 is 1.79 bits per heavy atom. The quantitative estimate of drug-likeness (QED) is 0.186. The van der Waals surface area contributed by atoms with Gasteiger partial charge in [-0.1, -0.05) is 0 Å². The normalized spacial score (nSPS) is 9.88. The van der Waals surface area contributed by atoms with E-state index in [1.807, 2.05) is 0 Å². The van der Waals surface area contributed by atoms with Crippen LogP contribution >= 0.6 is 0 Å². The van der Waals surface area contributed by atoms with E-state index >= 15 is 0 Å². The van der Waals surface area contributed by atoms with E-state index in [-0.39, 0.29) is 11.5 Å². The van der Waals surface area contributed by atoms with Crippen molar-refractivity contribution in [3.8, 4) is 17.2 Å². The van der Waals surface area contributed by atoms with Gasteiger partial charge < -0.3 is 25.7 Å². The Morgan fingerprint density at radius 1 is 1.08 bits per heavy atom. The first kappa shape index (κ1) is 21.2. The second-order valence-corrected chi connectivity index (χ2v) is 4.74. The molecular weight excluding hydrogens is 348 g/mol. The number of ether oxygens (including phenoxy) is 3. The second kappa shape index (κ2) is 9.39. The lowest BCUT2D eigenvalue weighted by molar-refractivity contribution is 0.0953. The number of rotatable bonds is 5. The van der Waals surface area contributed by atoms with E-state index in [0.29, 0.717) is 17.2 Å². The summed E-state index contributed by atoms with van der Waals surface area (Å²) in [7, 11) is -0.288. The Bertz CT molecular complexity index is 667. The number of hydrogen-bond donors (Lipinski definition) is 5. The number of amides is 1. The topological polar surface area (TPSA) is 196 Å². The summed E-state index contributed by atoms with van der Waals surface area (Å²) in [4.78, 5) is 11.8. The zero-order chi connectivity index (χ0) is 18.9. The van der Waals surface area contributed by atoms with Crippen LogP contribution < -0.4 is 31.1 Å². The van der Waals surface area contributed by atoms with Gasteiger partial charge in [-0.15, -0.1) is 5.10 Å². The third kappa shape index (κ3) is 8.02. The van der Waals surface area contributed by atoms with Crippen LogP contribution in [-0.2, 0) is 10.4 Å². The van der Waals surface area contributed by atoms with E-state index in [4.69, 9.17) is 43.2 Å². The van der Waals surface area contributed by atoms with Crippen LogP contribution in [0.3, 0.4) is 0 Å². The monoisotopic (exact) mass is 366 g/mol. The fourth-order valence-corrected chi connectivity index (χ4v) is 1.39. The molecule has 0 unspecified atom stereocenters. The molecule has 0 aliphatic heterocycles. The van der Waals surface area contributed by atoms with Gasteiger partial charge in [-0.3, -0.25) is 13.9 Å². The van der Waals surface area contributed by atoms with E-state index in [1.54, 1.807) is 0 Å². The number of hydrazone groups is 1. The smallest absolute Gasteiger partial charge is 0.394 e. The van der Waals surface area contributed by atoms with Gasteiger partial charge in [-0.25, -0.2) is 5.43 Å². The van der Waals surface area contributed by atoms with Gasteiger partial charge in [-0.2, -0.15) is 8.42 Å². The summed E-state index contributed by atoms with van der Waals surface area (Å²) in [5, 5.41) is 3.41. The number of nitrogens with two attached hydrogens (primary N) is 2. The van der Waals surface area contributed by atoms with E-state index in [2.05, 4.69) is 10.5 Å². The number of nitrogens with zero attached hydrogens (tertiary/aromatic N) is 1. The maximum Gasteiger partial charge on any atom is 0.394 e. The van der Waals surface area contributed by atoms with E-state index in [0.717, 1.165) is 0 Å². The lowest BCUT2D eigenvalue weighted by atomic mass is 10.1. The maximum absolute atomic E-state index is 11.8. The summed E-state index contributed by atoms with van der Waals surface area (Å²) >= 11 is 0. The van der Waals surface area contributed by atoms with Gasteiger partial charge in [0.05, 0.1) is 21.3 Å². The molecule has 12 nitrogen and oxygen atoms in total. The Hall–Kier alpha value is -2.77. The molecule has 0 bridgehead atoms. The molecule has 1 aromatic rings. The van der Waals surface area contributed by atoms with Gasteiger partial charge in [0.2, 0.25) is 11.7 Å². The van der Waals surface area contributed by atoms with Crippen molar-refractivity contribution in [3.63, 3.8) is 0 Å². The average molecular weight is 366 g/mol. The van der Waals surface area contributed by atoms with Crippen LogP contribution in [0.4, 0.5) is 0 Å². The summed E-state index contributed by atoms with van der Waals surface area (Å²) in [5.41, 5.74) is 12.7. The summed E-state index contributed by atoms with van der Waals surface area (Å²) < 4.78 is 47.0. The van der Waals surface area contributed by atoms with Gasteiger partial charge in [0.1, 0.15) is 0 Å². The molecule has 0 heterocycles. The first-order chi connectivity index (χ1) is 11.0. The Kier molecular flexibility index (Phi) is 8.30. The molecule has 13 heteroatoms. The third-order valence-electron chi connectivity index (χ3n) is 2.21. The van der Waals surface area contributed by atoms with Crippen molar-refractivity contribution >= 4 is 22.3 Å². The molecule has 1 aromatic carbocycles. The SMILES string of the molecule is COc1cc(C(=O)NN=C(N)N)cc(OC)c1OC.O=S(=O)(O)O. The van der Waals surface area contributed by atoms with E-state index in [9.17, 15) is 4.79 Å². The summed E-state index contributed by atoms with van der Waals surface area (Å²) in [6, 6.07) is 2.97. The standard InChI is InChI=1S/C11H16N4O4.H2O4S/c1-17-7-4-6(10(16)14-15-11(12)13)5-8(18-2)9(7)19-3;1-5(2,3)4/h4-5H,1-3H3,(H,14,16)(H4,12,13,15);(H2,1,2,3,4). The Morgan fingerprint density at radius 2 is 1.50 bits per heavy atom. The van der Waals surface area contributed by atoms with Crippen LogP contribution in [0.2, 0.25) is 0 Å². The highest BCUT2D eigenvalue weighted by atomic mass is 32.3. The molecule has 24 heavy (non-hydrogen) atoms. The number of methoxy groups -OCH3 is 3. The van der Waals surface area contributed by atoms with Gasteiger partial charge in [0.15, 0.2) is 11.5 Å². The van der Waals surface area contributed by atoms with Gasteiger partial charge in [0.25, 0.3) is 5.91 Å². The fraction of sp³-hybridized carbons (Fsp3) is 0.273. The van der Waals surface area contributed by atoms with Crippen molar-refractivity contribution in [1.82, 2.24) is 5.43 Å². The number of guanidine groups is 1. The molecule has 0 saturated carbocycles. The van der Waals surface area contributed by atoms with Crippen molar-refractivity contribution in [3.05, 3.63) is 17.7 Å². The predicted octanol–water partition coefficient (Wildman–Crippen LogP) is -1.02. The van der Waals surface area contributed by atoms with Crippen molar-refractivity contribution in [2.45, 2.75) is 0 Å². The third-order valence-corrected chi connectivity index (χ3v) is 2.21. The number of benzene rings is 1. The van der Waals surface area contributed by atoms with Crippen LogP contribution in [0.15, 0.2) is 17.2 Å². The number of carbonyl (C=O) groups excluding carboxylic acids is 1. The van der Waals surface area contributed by atoms with Crippen molar-refractivity contribution < 1.29 is 36.5 Å². The predicted molar refractivity (Wildman–Crippen MR) is 83.6 cm³/mol. The van der Waals surface area contributed by atoms with Crippen molar-refractivity contribution in [1.29, 1.82) is 0 Å². The largest absolute Gasteiger partial charge is 0.493 e. The van der Waals surface area contributed by atoms with Gasteiger partial charge >= 0.3 is 10.4 Å². The molecule has 0 saturated heterocycles. The number of hydrogen-bond acceptors (Lipinski definition) is 7. The van der Waals surface area contributed by atoms with Gasteiger partial charge in [-0.05, 0) is 12.1 Å². The van der Waals surface area contributed by atoms with E-state index < -0.39 is 16.3 Å². The molecule has 0 spiro atoms. The molecule has 0 aliphatic rings. The van der Waals surface area contributed by atoms with Crippen LogP contribution in [0.5, 0.6) is 17.2 Å². The van der Waals surface area contributed by atoms with Crippen molar-refractivity contribution in [2.75, 3.05) is 21.3 Å². The van der Waals surface area contributed by atoms with Crippen LogP contribution in [0.25, 0.3) is 0 Å². The number of carbonyl (C=O) groups is 1. The van der Waals surface area contributed by atoms with Crippen LogP contribution in [-0.4, -0.2) is 50.7 Å². The average Bonchev–Trinajstić information content (AvgIpc) is 2.49.